The van der Waals surface area contributed by atoms with Crippen LogP contribution in [0.3, 0.4) is 0 Å². The molecule has 1 heterocycles. The second-order valence-corrected chi connectivity index (χ2v) is 6.48. The molecule has 0 bridgehead atoms. The zero-order chi connectivity index (χ0) is 16.8. The van der Waals surface area contributed by atoms with Gasteiger partial charge in [-0.05, 0) is 46.9 Å². The largest absolute Gasteiger partial charge is 0.437 e. The molecule has 126 valence electrons. The fourth-order valence-corrected chi connectivity index (χ4v) is 1.84. The van der Waals surface area contributed by atoms with Crippen LogP contribution in [-0.2, 0) is 23.8 Å². The fourth-order valence-electron chi connectivity index (χ4n) is 1.84. The summed E-state index contributed by atoms with van der Waals surface area (Å²) in [7, 11) is -0.932. The minimum atomic E-state index is -0.933. The molecule has 1 saturated heterocycles. The minimum Gasteiger partial charge on any atom is -0.437 e. The first-order valence-corrected chi connectivity index (χ1v) is 7.63. The first-order valence-electron chi connectivity index (χ1n) is 7.63. The maximum Gasteiger partial charge on any atom is 0.374 e. The van der Waals surface area contributed by atoms with Crippen molar-refractivity contribution in [2.45, 2.75) is 59.2 Å². The van der Waals surface area contributed by atoms with Crippen molar-refractivity contribution >= 4 is 19.0 Å². The molecule has 8 heteroatoms. The first kappa shape index (κ1) is 19.1. The molecule has 2 atom stereocenters. The molecule has 0 aromatic rings. The quantitative estimate of drug-likeness (QED) is 0.423. The highest BCUT2D eigenvalue weighted by atomic mass is 16.7. The van der Waals surface area contributed by atoms with Crippen LogP contribution < -0.4 is 5.23 Å². The second kappa shape index (κ2) is 8.62. The van der Waals surface area contributed by atoms with Crippen molar-refractivity contribution in [3.63, 3.8) is 0 Å². The third kappa shape index (κ3) is 6.87. The summed E-state index contributed by atoms with van der Waals surface area (Å²) in [5.41, 5.74) is -0.779. The Morgan fingerprint density at radius 3 is 2.59 bits per heavy atom. The Morgan fingerprint density at radius 1 is 1.41 bits per heavy atom. The Balaban J connectivity index is 2.54. The number of nitrogens with one attached hydrogen (secondary N) is 1. The van der Waals surface area contributed by atoms with Crippen LogP contribution >= 0.6 is 0 Å². The Hall–Kier alpha value is -0.955. The lowest BCUT2D eigenvalue weighted by atomic mass is 9.87. The third-order valence-electron chi connectivity index (χ3n) is 3.12. The maximum atomic E-state index is 12.1. The number of rotatable bonds is 6. The molecule has 0 aliphatic carbocycles. The highest BCUT2D eigenvalue weighted by Crippen LogP contribution is 2.16. The molecule has 0 aromatic heterocycles. The van der Waals surface area contributed by atoms with E-state index >= 15 is 0 Å². The van der Waals surface area contributed by atoms with E-state index in [1.807, 2.05) is 0 Å². The van der Waals surface area contributed by atoms with Crippen molar-refractivity contribution < 1.29 is 28.8 Å². The van der Waals surface area contributed by atoms with Gasteiger partial charge in [0.15, 0.2) is 6.29 Å². The molecule has 0 spiro atoms. The SMILES string of the molecule is CB(O)N[C@@H](COC1CCCCO1)C(=O)OC(=O)C(C)(C)C. The van der Waals surface area contributed by atoms with Crippen LogP contribution in [0.5, 0.6) is 0 Å². The topological polar surface area (TPSA) is 94.1 Å². The molecule has 2 N–H and O–H groups in total. The average Bonchev–Trinajstić information content (AvgIpc) is 2.43. The summed E-state index contributed by atoms with van der Waals surface area (Å²) in [6.07, 6.45) is 2.40. The molecule has 1 unspecified atom stereocenters. The molecule has 0 amide bonds. The van der Waals surface area contributed by atoms with E-state index in [2.05, 4.69) is 5.23 Å². The van der Waals surface area contributed by atoms with E-state index in [1.54, 1.807) is 20.8 Å². The monoisotopic (exact) mass is 315 g/mol. The predicted octanol–water partition coefficient (Wildman–Crippen LogP) is 0.714. The third-order valence-corrected chi connectivity index (χ3v) is 3.12. The van der Waals surface area contributed by atoms with Gasteiger partial charge in [0.05, 0.1) is 12.0 Å². The fraction of sp³-hybridized carbons (Fsp3) is 0.857. The molecule has 0 radical (unpaired) electrons. The Bertz CT molecular complexity index is 376. The molecule has 1 aliphatic heterocycles. The molecule has 1 fully saturated rings. The van der Waals surface area contributed by atoms with Crippen molar-refractivity contribution in [1.82, 2.24) is 5.23 Å². The van der Waals surface area contributed by atoms with Crippen molar-refractivity contribution in [2.24, 2.45) is 5.41 Å². The van der Waals surface area contributed by atoms with Crippen LogP contribution in [-0.4, -0.2) is 49.6 Å². The molecule has 0 saturated carbocycles. The van der Waals surface area contributed by atoms with Gasteiger partial charge in [0.2, 0.25) is 0 Å². The lowest BCUT2D eigenvalue weighted by molar-refractivity contribution is -0.177. The van der Waals surface area contributed by atoms with Crippen LogP contribution in [0.2, 0.25) is 6.82 Å². The number of carbonyl (C=O) groups is 2. The van der Waals surface area contributed by atoms with Gasteiger partial charge in [-0.3, -0.25) is 4.79 Å². The molecule has 22 heavy (non-hydrogen) atoms. The number of esters is 2. The normalized spacial score (nSPS) is 20.3. The van der Waals surface area contributed by atoms with E-state index in [-0.39, 0.29) is 12.9 Å². The lowest BCUT2D eigenvalue weighted by Gasteiger charge is -2.26. The first-order chi connectivity index (χ1) is 10.2. The van der Waals surface area contributed by atoms with Crippen LogP contribution in [0.4, 0.5) is 0 Å². The van der Waals surface area contributed by atoms with E-state index in [0.29, 0.717) is 6.61 Å². The van der Waals surface area contributed by atoms with Crippen molar-refractivity contribution in [2.75, 3.05) is 13.2 Å². The highest BCUT2D eigenvalue weighted by molar-refractivity contribution is 6.46. The lowest BCUT2D eigenvalue weighted by Crippen LogP contribution is -2.50. The number of hydrogen-bond donors (Lipinski definition) is 2. The predicted molar refractivity (Wildman–Crippen MR) is 80.9 cm³/mol. The minimum absolute atomic E-state index is 0.0359. The molecular weight excluding hydrogens is 289 g/mol. The summed E-state index contributed by atoms with van der Waals surface area (Å²) in [5.74, 6) is -1.39. The van der Waals surface area contributed by atoms with Gasteiger partial charge >= 0.3 is 19.0 Å². The standard InChI is InChI=1S/C14H26BNO6/c1-14(2,3)13(18)22-12(17)10(16-15(4)19)9-21-11-7-5-6-8-20-11/h10-11,16,19H,5-9H2,1-4H3/t10-,11?/m0/s1. The Kier molecular flexibility index (Phi) is 7.48. The summed E-state index contributed by atoms with van der Waals surface area (Å²) in [5, 5.41) is 12.0. The summed E-state index contributed by atoms with van der Waals surface area (Å²) in [4.78, 5) is 23.8. The van der Waals surface area contributed by atoms with Gasteiger partial charge in [0, 0.05) is 6.61 Å². The maximum absolute atomic E-state index is 12.1. The zero-order valence-corrected chi connectivity index (χ0v) is 13.8. The second-order valence-electron chi connectivity index (χ2n) is 6.48. The summed E-state index contributed by atoms with van der Waals surface area (Å²) in [6, 6.07) is -0.933. The number of hydrogen-bond acceptors (Lipinski definition) is 7. The average molecular weight is 315 g/mol. The smallest absolute Gasteiger partial charge is 0.374 e. The van der Waals surface area contributed by atoms with E-state index in [1.165, 1.54) is 6.82 Å². The van der Waals surface area contributed by atoms with E-state index in [0.717, 1.165) is 19.3 Å². The van der Waals surface area contributed by atoms with E-state index in [9.17, 15) is 14.6 Å². The summed E-state index contributed by atoms with van der Waals surface area (Å²) >= 11 is 0. The van der Waals surface area contributed by atoms with Gasteiger partial charge in [-0.2, -0.15) is 0 Å². The van der Waals surface area contributed by atoms with Crippen molar-refractivity contribution in [3.05, 3.63) is 0 Å². The van der Waals surface area contributed by atoms with Crippen LogP contribution in [0.1, 0.15) is 40.0 Å². The zero-order valence-electron chi connectivity index (χ0n) is 13.8. The van der Waals surface area contributed by atoms with Crippen LogP contribution in [0.15, 0.2) is 0 Å². The van der Waals surface area contributed by atoms with Crippen LogP contribution in [0.25, 0.3) is 0 Å². The molecular formula is C14H26BNO6. The summed E-state index contributed by atoms with van der Waals surface area (Å²) < 4.78 is 15.8. The molecule has 1 rings (SSSR count). The van der Waals surface area contributed by atoms with Gasteiger partial charge < -0.3 is 24.5 Å². The van der Waals surface area contributed by atoms with Crippen LogP contribution in [0, 0.1) is 5.41 Å². The number of carbonyl (C=O) groups excluding carboxylic acids is 2. The molecule has 0 aromatic carbocycles. The Labute approximate surface area is 131 Å². The molecule has 1 aliphatic rings. The Morgan fingerprint density at radius 2 is 2.09 bits per heavy atom. The van der Waals surface area contributed by atoms with Crippen molar-refractivity contribution in [1.29, 1.82) is 0 Å². The highest BCUT2D eigenvalue weighted by Gasteiger charge is 2.31. The van der Waals surface area contributed by atoms with E-state index < -0.39 is 30.4 Å². The van der Waals surface area contributed by atoms with E-state index in [4.69, 9.17) is 14.2 Å². The number of ether oxygens (including phenoxy) is 3. The van der Waals surface area contributed by atoms with Gasteiger partial charge in [-0.15, -0.1) is 0 Å². The summed E-state index contributed by atoms with van der Waals surface area (Å²) in [6.45, 7) is 7.05. The molecule has 7 nitrogen and oxygen atoms in total. The van der Waals surface area contributed by atoms with Gasteiger partial charge in [0.25, 0.3) is 0 Å². The van der Waals surface area contributed by atoms with Crippen molar-refractivity contribution in [3.8, 4) is 0 Å². The van der Waals surface area contributed by atoms with Gasteiger partial charge in [-0.1, -0.05) is 0 Å². The van der Waals surface area contributed by atoms with Gasteiger partial charge in [-0.25, -0.2) is 4.79 Å². The van der Waals surface area contributed by atoms with Gasteiger partial charge in [0.1, 0.15) is 6.04 Å².